The Balaban J connectivity index is 1.88. The highest BCUT2D eigenvalue weighted by atomic mass is 79.9. The summed E-state index contributed by atoms with van der Waals surface area (Å²) in [6, 6.07) is 6.45. The zero-order chi connectivity index (χ0) is 15.7. The maximum Gasteiger partial charge on any atom is 0.397 e. The van der Waals surface area contributed by atoms with E-state index in [1.165, 1.54) is 19.1 Å². The number of hydrogen-bond acceptors (Lipinski definition) is 3. The third-order valence-corrected chi connectivity index (χ3v) is 3.74. The van der Waals surface area contributed by atoms with E-state index in [-0.39, 0.29) is 12.2 Å². The monoisotopic (exact) mass is 367 g/mol. The number of rotatable bonds is 4. The van der Waals surface area contributed by atoms with Crippen molar-refractivity contribution in [1.82, 2.24) is 14.6 Å². The largest absolute Gasteiger partial charge is 0.433 e. The van der Waals surface area contributed by atoms with Gasteiger partial charge in [-0.1, -0.05) is 19.1 Å². The first-order chi connectivity index (χ1) is 10.5. The maximum atomic E-state index is 13.2. The highest BCUT2D eigenvalue weighted by Crippen LogP contribution is 2.27. The van der Waals surface area contributed by atoms with Crippen LogP contribution in [0.3, 0.4) is 0 Å². The first-order valence-electron chi connectivity index (χ1n) is 6.65. The Bertz CT molecular complexity index is 802. The second-order valence-electron chi connectivity index (χ2n) is 4.72. The summed E-state index contributed by atoms with van der Waals surface area (Å²) in [5, 5.41) is 4.16. The first kappa shape index (κ1) is 14.9. The van der Waals surface area contributed by atoms with Gasteiger partial charge in [0, 0.05) is 24.4 Å². The van der Waals surface area contributed by atoms with Gasteiger partial charge in [-0.25, -0.2) is 9.50 Å². The molecule has 0 atom stereocenters. The van der Waals surface area contributed by atoms with E-state index < -0.39 is 6.11 Å². The molecule has 0 saturated heterocycles. The number of nitrogens with zero attached hydrogens (tertiary/aromatic N) is 3. The van der Waals surface area contributed by atoms with Crippen LogP contribution in [0.1, 0.15) is 13.3 Å². The molecule has 1 aromatic carbocycles. The van der Waals surface area contributed by atoms with Crippen LogP contribution in [0.25, 0.3) is 16.8 Å². The molecule has 0 bridgehead atoms. The predicted octanol–water partition coefficient (Wildman–Crippen LogP) is 4.54. The van der Waals surface area contributed by atoms with Crippen molar-refractivity contribution in [3.05, 3.63) is 47.3 Å². The summed E-state index contributed by atoms with van der Waals surface area (Å²) >= 11 is 3.36. The third-order valence-electron chi connectivity index (χ3n) is 3.18. The van der Waals surface area contributed by atoms with Crippen molar-refractivity contribution in [1.29, 1.82) is 0 Å². The predicted molar refractivity (Wildman–Crippen MR) is 82.0 cm³/mol. The maximum absolute atomic E-state index is 13.2. The number of ether oxygens (including phenoxy) is 1. The van der Waals surface area contributed by atoms with Gasteiger partial charge < -0.3 is 4.74 Å². The minimum Gasteiger partial charge on any atom is -0.433 e. The molecule has 0 aliphatic heterocycles. The summed E-state index contributed by atoms with van der Waals surface area (Å²) in [5.74, 6) is 0.131. The molecule has 0 fully saturated rings. The second kappa shape index (κ2) is 5.64. The molecule has 0 saturated carbocycles. The van der Waals surface area contributed by atoms with E-state index in [2.05, 4.69) is 30.7 Å². The van der Waals surface area contributed by atoms with Crippen molar-refractivity contribution in [2.45, 2.75) is 19.5 Å². The Hall–Kier alpha value is -2.02. The molecule has 0 amide bonds. The Labute approximate surface area is 133 Å². The van der Waals surface area contributed by atoms with Gasteiger partial charge >= 0.3 is 6.11 Å². The van der Waals surface area contributed by atoms with E-state index in [1.807, 2.05) is 6.20 Å². The average molecular weight is 368 g/mol. The molecule has 22 heavy (non-hydrogen) atoms. The molecule has 0 unspecified atom stereocenters. The Morgan fingerprint density at radius 3 is 2.59 bits per heavy atom. The van der Waals surface area contributed by atoms with Crippen LogP contribution in [0, 0.1) is 0 Å². The van der Waals surface area contributed by atoms with Crippen LogP contribution in [0.4, 0.5) is 8.78 Å². The molecule has 7 heteroatoms. The van der Waals surface area contributed by atoms with Crippen LogP contribution in [0.15, 0.2) is 47.3 Å². The SMILES string of the molecule is CCC(F)(F)Oc1ccc(-c2cnc3c(Br)cnn3c2)cc1. The fraction of sp³-hybridized carbons (Fsp3) is 0.200. The smallest absolute Gasteiger partial charge is 0.397 e. The van der Waals surface area contributed by atoms with E-state index in [0.29, 0.717) is 5.65 Å². The normalized spacial score (nSPS) is 11.8. The van der Waals surface area contributed by atoms with Crippen molar-refractivity contribution in [3.8, 4) is 16.9 Å². The Kier molecular flexibility index (Phi) is 3.82. The topological polar surface area (TPSA) is 39.4 Å². The van der Waals surface area contributed by atoms with Gasteiger partial charge in [-0.3, -0.25) is 0 Å². The average Bonchev–Trinajstić information content (AvgIpc) is 2.88. The fourth-order valence-corrected chi connectivity index (χ4v) is 2.33. The van der Waals surface area contributed by atoms with Gasteiger partial charge in [0.15, 0.2) is 5.65 Å². The number of halogens is 3. The molecule has 0 radical (unpaired) electrons. The number of benzene rings is 1. The van der Waals surface area contributed by atoms with Crippen molar-refractivity contribution in [3.63, 3.8) is 0 Å². The quantitative estimate of drug-likeness (QED) is 0.679. The van der Waals surface area contributed by atoms with Crippen LogP contribution in [-0.2, 0) is 0 Å². The standard InChI is InChI=1S/C15H12BrF2N3O/c1-2-15(17,18)22-12-5-3-10(4-6-12)11-7-19-14-13(16)8-20-21(14)9-11/h3-9H,2H2,1H3. The van der Waals surface area contributed by atoms with Gasteiger partial charge in [-0.15, -0.1) is 0 Å². The van der Waals surface area contributed by atoms with Crippen LogP contribution in [-0.4, -0.2) is 20.7 Å². The molecule has 0 aliphatic rings. The Morgan fingerprint density at radius 1 is 1.18 bits per heavy atom. The number of fused-ring (bicyclic) bond motifs is 1. The second-order valence-corrected chi connectivity index (χ2v) is 5.57. The summed E-state index contributed by atoms with van der Waals surface area (Å²) in [4.78, 5) is 4.31. The van der Waals surface area contributed by atoms with Crippen molar-refractivity contribution < 1.29 is 13.5 Å². The zero-order valence-corrected chi connectivity index (χ0v) is 13.2. The van der Waals surface area contributed by atoms with Gasteiger partial charge in [0.05, 0.1) is 10.7 Å². The molecule has 2 heterocycles. The highest BCUT2D eigenvalue weighted by Gasteiger charge is 2.28. The third kappa shape index (κ3) is 2.94. The number of alkyl halides is 2. The number of aromatic nitrogens is 3. The van der Waals surface area contributed by atoms with Crippen LogP contribution in [0.5, 0.6) is 5.75 Å². The van der Waals surface area contributed by atoms with Crippen LogP contribution >= 0.6 is 15.9 Å². The molecular formula is C15H12BrF2N3O. The van der Waals surface area contributed by atoms with Crippen molar-refractivity contribution >= 4 is 21.6 Å². The van der Waals surface area contributed by atoms with Crippen molar-refractivity contribution in [2.24, 2.45) is 0 Å². The summed E-state index contributed by atoms with van der Waals surface area (Å²) in [7, 11) is 0. The lowest BCUT2D eigenvalue weighted by Crippen LogP contribution is -2.22. The molecule has 0 spiro atoms. The minimum atomic E-state index is -3.15. The van der Waals surface area contributed by atoms with E-state index in [4.69, 9.17) is 0 Å². The number of hydrogen-bond donors (Lipinski definition) is 0. The molecular weight excluding hydrogens is 356 g/mol. The molecule has 3 rings (SSSR count). The summed E-state index contributed by atoms with van der Waals surface area (Å²) < 4.78 is 33.5. The lowest BCUT2D eigenvalue weighted by atomic mass is 10.1. The van der Waals surface area contributed by atoms with Crippen LogP contribution < -0.4 is 4.74 Å². The van der Waals surface area contributed by atoms with Gasteiger partial charge in [0.1, 0.15) is 5.75 Å². The van der Waals surface area contributed by atoms with Crippen LogP contribution in [0.2, 0.25) is 0 Å². The summed E-state index contributed by atoms with van der Waals surface area (Å²) in [5.41, 5.74) is 2.39. The van der Waals surface area contributed by atoms with Gasteiger partial charge in [0.25, 0.3) is 0 Å². The molecule has 3 aromatic rings. The summed E-state index contributed by atoms with van der Waals surface area (Å²) in [6.07, 6.45) is 1.67. The van der Waals surface area contributed by atoms with E-state index in [9.17, 15) is 8.78 Å². The van der Waals surface area contributed by atoms with Gasteiger partial charge in [-0.05, 0) is 33.6 Å². The van der Waals surface area contributed by atoms with Crippen molar-refractivity contribution in [2.75, 3.05) is 0 Å². The lowest BCUT2D eigenvalue weighted by Gasteiger charge is -2.16. The van der Waals surface area contributed by atoms with E-state index >= 15 is 0 Å². The lowest BCUT2D eigenvalue weighted by molar-refractivity contribution is -0.177. The minimum absolute atomic E-state index is 0.131. The first-order valence-corrected chi connectivity index (χ1v) is 7.44. The fourth-order valence-electron chi connectivity index (χ4n) is 1.95. The molecule has 4 nitrogen and oxygen atoms in total. The zero-order valence-electron chi connectivity index (χ0n) is 11.6. The summed E-state index contributed by atoms with van der Waals surface area (Å²) in [6.45, 7) is 1.37. The molecule has 114 valence electrons. The molecule has 2 aromatic heterocycles. The van der Waals surface area contributed by atoms with Gasteiger partial charge in [0.2, 0.25) is 0 Å². The molecule has 0 N–H and O–H groups in total. The highest BCUT2D eigenvalue weighted by molar-refractivity contribution is 9.10. The van der Waals surface area contributed by atoms with Gasteiger partial charge in [-0.2, -0.15) is 13.9 Å². The molecule has 0 aliphatic carbocycles. The van der Waals surface area contributed by atoms with E-state index in [0.717, 1.165) is 15.6 Å². The van der Waals surface area contributed by atoms with E-state index in [1.54, 1.807) is 29.0 Å². The Morgan fingerprint density at radius 2 is 1.91 bits per heavy atom.